The Bertz CT molecular complexity index is 950. The molecular formula is C22H25Br2N3O4. The lowest BCUT2D eigenvalue weighted by molar-refractivity contribution is -0.122. The van der Waals surface area contributed by atoms with E-state index in [0.717, 1.165) is 10.9 Å². The molecule has 0 aliphatic rings. The lowest BCUT2D eigenvalue weighted by Gasteiger charge is -2.14. The molecule has 1 unspecified atom stereocenters. The predicted octanol–water partition coefficient (Wildman–Crippen LogP) is 4.67. The molecule has 0 aliphatic carbocycles. The molecule has 0 saturated heterocycles. The summed E-state index contributed by atoms with van der Waals surface area (Å²) in [6, 6.07) is 9.83. The third kappa shape index (κ3) is 7.36. The molecule has 0 fully saturated rings. The first-order chi connectivity index (χ1) is 14.9. The molecule has 31 heavy (non-hydrogen) atoms. The van der Waals surface area contributed by atoms with Gasteiger partial charge in [0.1, 0.15) is 6.04 Å². The maximum Gasteiger partial charge on any atom is 0.262 e. The number of hydrogen-bond donors (Lipinski definition) is 2. The monoisotopic (exact) mass is 553 g/mol. The lowest BCUT2D eigenvalue weighted by Crippen LogP contribution is -2.43. The molecule has 0 radical (unpaired) electrons. The van der Waals surface area contributed by atoms with Crippen molar-refractivity contribution in [3.8, 4) is 11.5 Å². The first-order valence-electron chi connectivity index (χ1n) is 9.84. The second-order valence-electron chi connectivity index (χ2n) is 6.52. The highest BCUT2D eigenvalue weighted by molar-refractivity contribution is 9.10. The summed E-state index contributed by atoms with van der Waals surface area (Å²) < 4.78 is 12.8. The molecule has 1 atom stereocenters. The Labute approximate surface area is 198 Å². The summed E-state index contributed by atoms with van der Waals surface area (Å²) in [4.78, 5) is 24.6. The SMILES string of the molecule is CCCOc1c(Br)cc(C=NNC(=O)C(C)NC(=O)c2ccccc2Br)cc1OCC. The van der Waals surface area contributed by atoms with Crippen LogP contribution in [-0.2, 0) is 4.79 Å². The zero-order valence-electron chi connectivity index (χ0n) is 17.6. The van der Waals surface area contributed by atoms with Gasteiger partial charge in [0.2, 0.25) is 0 Å². The second-order valence-corrected chi connectivity index (χ2v) is 8.23. The Morgan fingerprint density at radius 1 is 1.13 bits per heavy atom. The zero-order valence-corrected chi connectivity index (χ0v) is 20.7. The van der Waals surface area contributed by atoms with Crippen LogP contribution in [0.3, 0.4) is 0 Å². The van der Waals surface area contributed by atoms with E-state index >= 15 is 0 Å². The highest BCUT2D eigenvalue weighted by Gasteiger charge is 2.17. The molecule has 2 rings (SSSR count). The largest absolute Gasteiger partial charge is 0.490 e. The Morgan fingerprint density at radius 2 is 1.87 bits per heavy atom. The summed E-state index contributed by atoms with van der Waals surface area (Å²) in [5.74, 6) is 0.427. The van der Waals surface area contributed by atoms with Crippen LogP contribution >= 0.6 is 31.9 Å². The average molecular weight is 555 g/mol. The molecule has 9 heteroatoms. The van der Waals surface area contributed by atoms with Crippen LogP contribution in [0.4, 0.5) is 0 Å². The van der Waals surface area contributed by atoms with Crippen LogP contribution in [0, 0.1) is 0 Å². The Morgan fingerprint density at radius 3 is 2.55 bits per heavy atom. The van der Waals surface area contributed by atoms with E-state index in [2.05, 4.69) is 47.7 Å². The molecule has 166 valence electrons. The zero-order chi connectivity index (χ0) is 22.8. The van der Waals surface area contributed by atoms with Gasteiger partial charge in [-0.15, -0.1) is 0 Å². The molecule has 2 amide bonds. The van der Waals surface area contributed by atoms with E-state index in [4.69, 9.17) is 9.47 Å². The number of amides is 2. The Hall–Kier alpha value is -2.39. The van der Waals surface area contributed by atoms with Crippen molar-refractivity contribution < 1.29 is 19.1 Å². The van der Waals surface area contributed by atoms with E-state index in [1.807, 2.05) is 26.0 Å². The minimum absolute atomic E-state index is 0.355. The van der Waals surface area contributed by atoms with Crippen LogP contribution in [-0.4, -0.2) is 37.3 Å². The Balaban J connectivity index is 2.01. The fourth-order valence-corrected chi connectivity index (χ4v) is 3.56. The standard InChI is InChI=1S/C22H25Br2N3O4/c1-4-10-31-20-18(24)11-15(12-19(20)30-5-2)13-25-27-21(28)14(3)26-22(29)16-8-6-7-9-17(16)23/h6-9,11-14H,4-5,10H2,1-3H3,(H,26,29)(H,27,28). The van der Waals surface area contributed by atoms with E-state index in [1.165, 1.54) is 6.21 Å². The third-order valence-corrected chi connectivity index (χ3v) is 5.31. The maximum absolute atomic E-state index is 12.3. The van der Waals surface area contributed by atoms with Gasteiger partial charge in [-0.25, -0.2) is 5.43 Å². The highest BCUT2D eigenvalue weighted by atomic mass is 79.9. The Kier molecular flexibility index (Phi) is 10.00. The minimum Gasteiger partial charge on any atom is -0.490 e. The molecule has 2 aromatic carbocycles. The average Bonchev–Trinajstić information content (AvgIpc) is 2.73. The van der Waals surface area contributed by atoms with Crippen LogP contribution in [0.15, 0.2) is 50.4 Å². The van der Waals surface area contributed by atoms with Gasteiger partial charge >= 0.3 is 0 Å². The van der Waals surface area contributed by atoms with Gasteiger partial charge in [0.25, 0.3) is 11.8 Å². The molecule has 2 aromatic rings. The van der Waals surface area contributed by atoms with Gasteiger partial charge in [0.05, 0.1) is 29.5 Å². The first-order valence-corrected chi connectivity index (χ1v) is 11.4. The van der Waals surface area contributed by atoms with Gasteiger partial charge in [-0.05, 0) is 82.0 Å². The number of nitrogens with one attached hydrogen (secondary N) is 2. The van der Waals surface area contributed by atoms with Crippen molar-refractivity contribution >= 4 is 49.9 Å². The third-order valence-electron chi connectivity index (χ3n) is 4.03. The molecular weight excluding hydrogens is 530 g/mol. The minimum atomic E-state index is -0.771. The van der Waals surface area contributed by atoms with Gasteiger partial charge in [-0.3, -0.25) is 9.59 Å². The number of carbonyl (C=O) groups is 2. The quantitative estimate of drug-likeness (QED) is 0.330. The second kappa shape index (κ2) is 12.5. The number of benzene rings is 2. The van der Waals surface area contributed by atoms with Crippen LogP contribution in [0.5, 0.6) is 11.5 Å². The lowest BCUT2D eigenvalue weighted by atomic mass is 10.2. The molecule has 7 nitrogen and oxygen atoms in total. The summed E-state index contributed by atoms with van der Waals surface area (Å²) in [5, 5.41) is 6.64. The van der Waals surface area contributed by atoms with Crippen molar-refractivity contribution in [2.45, 2.75) is 33.2 Å². The van der Waals surface area contributed by atoms with Crippen LogP contribution < -0.4 is 20.2 Å². The van der Waals surface area contributed by atoms with Crippen LogP contribution in [0.2, 0.25) is 0 Å². The van der Waals surface area contributed by atoms with Crippen molar-refractivity contribution in [1.29, 1.82) is 0 Å². The van der Waals surface area contributed by atoms with E-state index < -0.39 is 11.9 Å². The summed E-state index contributed by atoms with van der Waals surface area (Å²) in [6.07, 6.45) is 2.38. The van der Waals surface area contributed by atoms with Crippen molar-refractivity contribution in [3.05, 3.63) is 56.5 Å². The number of halogens is 2. The van der Waals surface area contributed by atoms with Crippen molar-refractivity contribution in [1.82, 2.24) is 10.7 Å². The summed E-state index contributed by atoms with van der Waals surface area (Å²) in [7, 11) is 0. The van der Waals surface area contributed by atoms with E-state index in [1.54, 1.807) is 31.2 Å². The summed E-state index contributed by atoms with van der Waals surface area (Å²) in [6.45, 7) is 6.57. The van der Waals surface area contributed by atoms with E-state index in [-0.39, 0.29) is 5.91 Å². The van der Waals surface area contributed by atoms with Gasteiger partial charge in [-0.1, -0.05) is 19.1 Å². The molecule has 0 saturated carbocycles. The van der Waals surface area contributed by atoms with Gasteiger partial charge in [-0.2, -0.15) is 5.10 Å². The van der Waals surface area contributed by atoms with Crippen LogP contribution in [0.25, 0.3) is 0 Å². The van der Waals surface area contributed by atoms with Gasteiger partial charge in [0.15, 0.2) is 11.5 Å². The molecule has 0 aliphatic heterocycles. The van der Waals surface area contributed by atoms with E-state index in [9.17, 15) is 9.59 Å². The normalized spacial score (nSPS) is 11.8. The topological polar surface area (TPSA) is 89.0 Å². The highest BCUT2D eigenvalue weighted by Crippen LogP contribution is 2.36. The summed E-state index contributed by atoms with van der Waals surface area (Å²) in [5.41, 5.74) is 3.60. The smallest absolute Gasteiger partial charge is 0.262 e. The van der Waals surface area contributed by atoms with E-state index in [0.29, 0.717) is 40.3 Å². The number of ether oxygens (including phenoxy) is 2. The fraction of sp³-hybridized carbons (Fsp3) is 0.318. The molecule has 0 spiro atoms. The van der Waals surface area contributed by atoms with Crippen molar-refractivity contribution in [2.24, 2.45) is 5.10 Å². The number of rotatable bonds is 10. The number of hydrogen-bond acceptors (Lipinski definition) is 5. The molecule has 0 aromatic heterocycles. The predicted molar refractivity (Wildman–Crippen MR) is 128 cm³/mol. The maximum atomic E-state index is 12.3. The van der Waals surface area contributed by atoms with Gasteiger partial charge < -0.3 is 14.8 Å². The number of nitrogens with zero attached hydrogens (tertiary/aromatic N) is 1. The number of hydrazone groups is 1. The fourth-order valence-electron chi connectivity index (χ4n) is 2.52. The molecule has 0 bridgehead atoms. The molecule has 2 N–H and O–H groups in total. The first kappa shape index (κ1) is 24.9. The summed E-state index contributed by atoms with van der Waals surface area (Å²) >= 11 is 6.82. The van der Waals surface area contributed by atoms with Crippen LogP contribution in [0.1, 0.15) is 43.1 Å². The number of carbonyl (C=O) groups excluding carboxylic acids is 2. The van der Waals surface area contributed by atoms with Gasteiger partial charge in [0, 0.05) is 4.47 Å². The van der Waals surface area contributed by atoms with Crippen molar-refractivity contribution in [3.63, 3.8) is 0 Å². The molecule has 0 heterocycles. The van der Waals surface area contributed by atoms with Crippen molar-refractivity contribution in [2.75, 3.05) is 13.2 Å².